The number of hydrogen-bond acceptors (Lipinski definition) is 4. The van der Waals surface area contributed by atoms with Crippen LogP contribution in [0.3, 0.4) is 0 Å². The Labute approximate surface area is 118 Å². The van der Waals surface area contributed by atoms with E-state index in [0.717, 1.165) is 30.2 Å². The molecule has 1 aliphatic carbocycles. The van der Waals surface area contributed by atoms with E-state index in [1.165, 1.54) is 24.2 Å². The van der Waals surface area contributed by atoms with E-state index >= 15 is 0 Å². The van der Waals surface area contributed by atoms with Crippen molar-refractivity contribution >= 4 is 11.8 Å². The number of benzene rings is 1. The summed E-state index contributed by atoms with van der Waals surface area (Å²) in [5, 5.41) is 0. The van der Waals surface area contributed by atoms with Crippen molar-refractivity contribution in [1.29, 1.82) is 0 Å². The zero-order valence-corrected chi connectivity index (χ0v) is 12.2. The van der Waals surface area contributed by atoms with E-state index in [0.29, 0.717) is 6.10 Å². The summed E-state index contributed by atoms with van der Waals surface area (Å²) in [5.41, 5.74) is 7.42. The van der Waals surface area contributed by atoms with Crippen molar-refractivity contribution in [1.82, 2.24) is 0 Å². The minimum Gasteiger partial charge on any atom is -0.493 e. The lowest BCUT2D eigenvalue weighted by Crippen LogP contribution is -2.20. The van der Waals surface area contributed by atoms with Crippen molar-refractivity contribution in [3.8, 4) is 11.5 Å². The maximum Gasteiger partial charge on any atom is 0.161 e. The van der Waals surface area contributed by atoms with Crippen molar-refractivity contribution in [2.45, 2.75) is 30.8 Å². The average Bonchev–Trinajstić information content (AvgIpc) is 3.09. The van der Waals surface area contributed by atoms with Gasteiger partial charge >= 0.3 is 0 Å². The molecule has 3 rings (SSSR count). The standard InChI is InChI=1S/C15H21NO2S/c1-17-13-3-2-11(15(10-16)5-6-15)8-14(13)18-12-4-7-19-9-12/h2-3,8,12H,4-7,9-10,16H2,1H3. The molecular weight excluding hydrogens is 258 g/mol. The third-order valence-electron chi connectivity index (χ3n) is 4.20. The molecule has 1 aliphatic heterocycles. The smallest absolute Gasteiger partial charge is 0.161 e. The molecule has 0 radical (unpaired) electrons. The van der Waals surface area contributed by atoms with Crippen LogP contribution in [-0.4, -0.2) is 31.3 Å². The number of methoxy groups -OCH3 is 1. The molecule has 104 valence electrons. The summed E-state index contributed by atoms with van der Waals surface area (Å²) in [4.78, 5) is 0. The second-order valence-corrected chi connectivity index (χ2v) is 6.60. The highest BCUT2D eigenvalue weighted by Gasteiger charge is 2.43. The summed E-state index contributed by atoms with van der Waals surface area (Å²) in [6.45, 7) is 0.720. The fourth-order valence-corrected chi connectivity index (χ4v) is 3.74. The van der Waals surface area contributed by atoms with E-state index < -0.39 is 0 Å². The van der Waals surface area contributed by atoms with Gasteiger partial charge < -0.3 is 15.2 Å². The second-order valence-electron chi connectivity index (χ2n) is 5.45. The third kappa shape index (κ3) is 2.56. The molecule has 2 N–H and O–H groups in total. The molecule has 1 saturated carbocycles. The monoisotopic (exact) mass is 279 g/mol. The van der Waals surface area contributed by atoms with Gasteiger partial charge in [0.05, 0.1) is 7.11 Å². The highest BCUT2D eigenvalue weighted by atomic mass is 32.2. The van der Waals surface area contributed by atoms with Gasteiger partial charge in [-0.1, -0.05) is 6.07 Å². The van der Waals surface area contributed by atoms with E-state index in [4.69, 9.17) is 15.2 Å². The lowest BCUT2D eigenvalue weighted by Gasteiger charge is -2.19. The van der Waals surface area contributed by atoms with Crippen molar-refractivity contribution in [2.75, 3.05) is 25.2 Å². The molecule has 2 aliphatic rings. The van der Waals surface area contributed by atoms with Crippen LogP contribution in [0.25, 0.3) is 0 Å². The Morgan fingerprint density at radius 1 is 1.37 bits per heavy atom. The van der Waals surface area contributed by atoms with E-state index in [-0.39, 0.29) is 5.41 Å². The van der Waals surface area contributed by atoms with Gasteiger partial charge in [-0.15, -0.1) is 0 Å². The summed E-state index contributed by atoms with van der Waals surface area (Å²) in [5.74, 6) is 3.98. The first-order valence-electron chi connectivity index (χ1n) is 6.90. The number of ether oxygens (including phenoxy) is 2. The van der Waals surface area contributed by atoms with Crippen molar-refractivity contribution < 1.29 is 9.47 Å². The molecule has 3 nitrogen and oxygen atoms in total. The molecular formula is C15H21NO2S. The summed E-state index contributed by atoms with van der Waals surface area (Å²) in [7, 11) is 1.70. The zero-order valence-electron chi connectivity index (χ0n) is 11.4. The van der Waals surface area contributed by atoms with Crippen LogP contribution < -0.4 is 15.2 Å². The van der Waals surface area contributed by atoms with Gasteiger partial charge in [0.25, 0.3) is 0 Å². The molecule has 1 aromatic carbocycles. The fraction of sp³-hybridized carbons (Fsp3) is 0.600. The van der Waals surface area contributed by atoms with Crippen LogP contribution in [0.15, 0.2) is 18.2 Å². The van der Waals surface area contributed by atoms with Crippen LogP contribution in [0.1, 0.15) is 24.8 Å². The largest absolute Gasteiger partial charge is 0.493 e. The molecule has 1 aromatic rings. The van der Waals surface area contributed by atoms with Crippen LogP contribution in [0.2, 0.25) is 0 Å². The Morgan fingerprint density at radius 3 is 2.79 bits per heavy atom. The molecule has 0 bridgehead atoms. The highest BCUT2D eigenvalue weighted by molar-refractivity contribution is 7.99. The SMILES string of the molecule is COc1ccc(C2(CN)CC2)cc1OC1CCSC1. The molecule has 0 amide bonds. The van der Waals surface area contributed by atoms with Crippen LogP contribution in [0, 0.1) is 0 Å². The number of hydrogen-bond donors (Lipinski definition) is 1. The lowest BCUT2D eigenvalue weighted by atomic mass is 9.96. The Balaban J connectivity index is 1.85. The molecule has 1 saturated heterocycles. The lowest BCUT2D eigenvalue weighted by molar-refractivity contribution is 0.218. The van der Waals surface area contributed by atoms with Gasteiger partial charge in [0.1, 0.15) is 6.10 Å². The molecule has 0 aromatic heterocycles. The molecule has 1 unspecified atom stereocenters. The minimum absolute atomic E-state index is 0.203. The summed E-state index contributed by atoms with van der Waals surface area (Å²) < 4.78 is 11.5. The quantitative estimate of drug-likeness (QED) is 0.899. The number of rotatable bonds is 5. The molecule has 4 heteroatoms. The number of nitrogens with two attached hydrogens (primary N) is 1. The predicted octanol–water partition coefficient (Wildman–Crippen LogP) is 2.57. The molecule has 1 atom stereocenters. The van der Waals surface area contributed by atoms with E-state index in [1.807, 2.05) is 17.8 Å². The maximum atomic E-state index is 6.12. The van der Waals surface area contributed by atoms with Gasteiger partial charge in [0.15, 0.2) is 11.5 Å². The first-order valence-corrected chi connectivity index (χ1v) is 8.06. The van der Waals surface area contributed by atoms with Gasteiger partial charge in [-0.25, -0.2) is 0 Å². The normalized spacial score (nSPS) is 24.2. The Kier molecular flexibility index (Phi) is 3.63. The first-order chi connectivity index (χ1) is 9.27. The van der Waals surface area contributed by atoms with Gasteiger partial charge in [-0.2, -0.15) is 11.8 Å². The van der Waals surface area contributed by atoms with Crippen LogP contribution in [-0.2, 0) is 5.41 Å². The van der Waals surface area contributed by atoms with Gasteiger partial charge in [-0.3, -0.25) is 0 Å². The molecule has 19 heavy (non-hydrogen) atoms. The molecule has 1 heterocycles. The second kappa shape index (κ2) is 5.25. The first kappa shape index (κ1) is 13.1. The van der Waals surface area contributed by atoms with E-state index in [2.05, 4.69) is 12.1 Å². The Hall–Kier alpha value is -0.870. The van der Waals surface area contributed by atoms with Crippen LogP contribution >= 0.6 is 11.8 Å². The maximum absolute atomic E-state index is 6.12. The fourth-order valence-electron chi connectivity index (χ4n) is 2.65. The highest BCUT2D eigenvalue weighted by Crippen LogP contribution is 2.49. The zero-order chi connectivity index (χ0) is 13.3. The van der Waals surface area contributed by atoms with E-state index in [9.17, 15) is 0 Å². The van der Waals surface area contributed by atoms with Gasteiger partial charge in [0, 0.05) is 17.7 Å². The number of thioether (sulfide) groups is 1. The van der Waals surface area contributed by atoms with Crippen LogP contribution in [0.5, 0.6) is 11.5 Å². The van der Waals surface area contributed by atoms with E-state index in [1.54, 1.807) is 7.11 Å². The van der Waals surface area contributed by atoms with Gasteiger partial charge in [0.2, 0.25) is 0 Å². The predicted molar refractivity (Wildman–Crippen MR) is 79.3 cm³/mol. The van der Waals surface area contributed by atoms with Crippen LogP contribution in [0.4, 0.5) is 0 Å². The molecule has 2 fully saturated rings. The van der Waals surface area contributed by atoms with Crippen molar-refractivity contribution in [3.05, 3.63) is 23.8 Å². The summed E-state index contributed by atoms with van der Waals surface area (Å²) in [6, 6.07) is 6.29. The summed E-state index contributed by atoms with van der Waals surface area (Å²) >= 11 is 1.96. The average molecular weight is 279 g/mol. The van der Waals surface area contributed by atoms with Crippen molar-refractivity contribution in [3.63, 3.8) is 0 Å². The van der Waals surface area contributed by atoms with Gasteiger partial charge in [-0.05, 0) is 42.7 Å². The Morgan fingerprint density at radius 2 is 2.21 bits per heavy atom. The third-order valence-corrected chi connectivity index (χ3v) is 5.33. The molecule has 0 spiro atoms. The topological polar surface area (TPSA) is 44.5 Å². The van der Waals surface area contributed by atoms with Crippen molar-refractivity contribution in [2.24, 2.45) is 5.73 Å². The minimum atomic E-state index is 0.203. The Bertz CT molecular complexity index is 453. The summed E-state index contributed by atoms with van der Waals surface area (Å²) in [6.07, 6.45) is 3.82.